The molecule has 0 fully saturated rings. The van der Waals surface area contributed by atoms with E-state index in [0.29, 0.717) is 5.56 Å². The monoisotopic (exact) mass is 302 g/mol. The molecule has 0 bridgehead atoms. The molecule has 2 rings (SSSR count). The lowest BCUT2D eigenvalue weighted by Crippen LogP contribution is -2.09. The number of amides is 1. The molecule has 106 valence electrons. The summed E-state index contributed by atoms with van der Waals surface area (Å²) in [6.45, 7) is 0. The highest BCUT2D eigenvalue weighted by atomic mass is 32.1. The second-order valence-corrected chi connectivity index (χ2v) is 4.66. The summed E-state index contributed by atoms with van der Waals surface area (Å²) in [4.78, 5) is 14.8. The van der Waals surface area contributed by atoms with E-state index in [1.807, 2.05) is 0 Å². The van der Waals surface area contributed by atoms with Gasteiger partial charge in [0.1, 0.15) is 0 Å². The van der Waals surface area contributed by atoms with Crippen molar-refractivity contribution >= 4 is 28.5 Å². The molecule has 0 atom stereocenters. The predicted molar refractivity (Wildman–Crippen MR) is 68.0 cm³/mol. The van der Waals surface area contributed by atoms with E-state index in [1.165, 1.54) is 12.2 Å². The standard InChI is InChI=1S/C11H9F3N4OS/c1-18-5-7(4-15-18)2-3-9(19)17-10-16-8(6-20-10)11(12,13)14/h2-6H,1H3,(H,16,17,19)/b3-2-. The summed E-state index contributed by atoms with van der Waals surface area (Å²) in [6, 6.07) is 0. The molecule has 0 aliphatic rings. The Morgan fingerprint density at radius 3 is 2.80 bits per heavy atom. The molecule has 2 aromatic heterocycles. The molecular weight excluding hydrogens is 293 g/mol. The second-order valence-electron chi connectivity index (χ2n) is 3.81. The van der Waals surface area contributed by atoms with Gasteiger partial charge in [-0.3, -0.25) is 14.8 Å². The van der Waals surface area contributed by atoms with E-state index in [4.69, 9.17) is 0 Å². The van der Waals surface area contributed by atoms with Crippen molar-refractivity contribution in [1.29, 1.82) is 0 Å². The molecule has 0 saturated heterocycles. The molecule has 1 amide bonds. The van der Waals surface area contributed by atoms with Crippen LogP contribution in [0.4, 0.5) is 18.3 Å². The molecule has 0 radical (unpaired) electrons. The van der Waals surface area contributed by atoms with Crippen LogP contribution in [0, 0.1) is 0 Å². The van der Waals surface area contributed by atoms with Gasteiger partial charge in [-0.1, -0.05) is 0 Å². The van der Waals surface area contributed by atoms with Crippen LogP contribution in [0.2, 0.25) is 0 Å². The van der Waals surface area contributed by atoms with Crippen LogP contribution in [0.5, 0.6) is 0 Å². The Morgan fingerprint density at radius 2 is 2.25 bits per heavy atom. The minimum atomic E-state index is -4.51. The van der Waals surface area contributed by atoms with Crippen LogP contribution >= 0.6 is 11.3 Å². The number of hydrogen-bond acceptors (Lipinski definition) is 4. The van der Waals surface area contributed by atoms with Crippen molar-refractivity contribution in [2.24, 2.45) is 7.05 Å². The Balaban J connectivity index is 1.98. The number of anilines is 1. The molecule has 9 heteroatoms. The normalized spacial score (nSPS) is 12.0. The molecule has 20 heavy (non-hydrogen) atoms. The Labute approximate surface area is 115 Å². The fourth-order valence-corrected chi connectivity index (χ4v) is 2.03. The van der Waals surface area contributed by atoms with E-state index in [0.717, 1.165) is 16.7 Å². The molecule has 0 spiro atoms. The van der Waals surface area contributed by atoms with E-state index < -0.39 is 17.8 Å². The van der Waals surface area contributed by atoms with Crippen LogP contribution in [-0.4, -0.2) is 20.7 Å². The van der Waals surface area contributed by atoms with Gasteiger partial charge in [0.15, 0.2) is 10.8 Å². The SMILES string of the molecule is Cn1cc(/C=C\C(=O)Nc2nc(C(F)(F)F)cs2)cn1. The summed E-state index contributed by atoms with van der Waals surface area (Å²) in [7, 11) is 1.73. The fourth-order valence-electron chi connectivity index (χ4n) is 1.31. The molecule has 2 heterocycles. The highest BCUT2D eigenvalue weighted by molar-refractivity contribution is 7.14. The Hall–Kier alpha value is -2.16. The number of halogens is 3. The maximum atomic E-state index is 12.3. The number of aryl methyl sites for hydroxylation is 1. The van der Waals surface area contributed by atoms with Crippen molar-refractivity contribution in [2.75, 3.05) is 5.32 Å². The van der Waals surface area contributed by atoms with E-state index >= 15 is 0 Å². The Kier molecular flexibility index (Phi) is 3.89. The predicted octanol–water partition coefficient (Wildman–Crippen LogP) is 2.55. The van der Waals surface area contributed by atoms with Crippen molar-refractivity contribution < 1.29 is 18.0 Å². The number of alkyl halides is 3. The smallest absolute Gasteiger partial charge is 0.298 e. The molecule has 1 N–H and O–H groups in total. The quantitative estimate of drug-likeness (QED) is 0.886. The van der Waals surface area contributed by atoms with E-state index in [9.17, 15) is 18.0 Å². The van der Waals surface area contributed by atoms with Gasteiger partial charge < -0.3 is 0 Å². The van der Waals surface area contributed by atoms with Gasteiger partial charge in [0.2, 0.25) is 5.91 Å². The molecule has 5 nitrogen and oxygen atoms in total. The van der Waals surface area contributed by atoms with Crippen LogP contribution in [-0.2, 0) is 18.0 Å². The van der Waals surface area contributed by atoms with Gasteiger partial charge in [0.25, 0.3) is 0 Å². The fraction of sp³-hybridized carbons (Fsp3) is 0.182. The van der Waals surface area contributed by atoms with Gasteiger partial charge in [0, 0.05) is 30.3 Å². The van der Waals surface area contributed by atoms with Crippen molar-refractivity contribution in [3.05, 3.63) is 35.1 Å². The number of nitrogens with zero attached hydrogens (tertiary/aromatic N) is 3. The third-order valence-electron chi connectivity index (χ3n) is 2.18. The number of aromatic nitrogens is 3. The van der Waals surface area contributed by atoms with Gasteiger partial charge in [-0.25, -0.2) is 4.98 Å². The average molecular weight is 302 g/mol. The van der Waals surface area contributed by atoms with Gasteiger partial charge in [-0.05, 0) is 6.08 Å². The second kappa shape index (κ2) is 5.45. The Morgan fingerprint density at radius 1 is 1.50 bits per heavy atom. The average Bonchev–Trinajstić information content (AvgIpc) is 2.95. The zero-order valence-electron chi connectivity index (χ0n) is 10.2. The van der Waals surface area contributed by atoms with Crippen molar-refractivity contribution in [1.82, 2.24) is 14.8 Å². The summed E-state index contributed by atoms with van der Waals surface area (Å²) in [5, 5.41) is 6.92. The van der Waals surface area contributed by atoms with E-state index in [2.05, 4.69) is 15.4 Å². The van der Waals surface area contributed by atoms with Gasteiger partial charge >= 0.3 is 6.18 Å². The summed E-state index contributed by atoms with van der Waals surface area (Å²) in [5.41, 5.74) is -0.313. The lowest BCUT2D eigenvalue weighted by Gasteiger charge is -2.00. The summed E-state index contributed by atoms with van der Waals surface area (Å²) >= 11 is 0.717. The third kappa shape index (κ3) is 3.67. The molecule has 0 aliphatic carbocycles. The number of hydrogen-bond donors (Lipinski definition) is 1. The van der Waals surface area contributed by atoms with Crippen LogP contribution < -0.4 is 5.32 Å². The topological polar surface area (TPSA) is 59.8 Å². The highest BCUT2D eigenvalue weighted by Gasteiger charge is 2.33. The minimum absolute atomic E-state index is 0.0989. The van der Waals surface area contributed by atoms with Crippen LogP contribution in [0.3, 0.4) is 0 Å². The van der Waals surface area contributed by atoms with Crippen molar-refractivity contribution in [2.45, 2.75) is 6.18 Å². The molecule has 0 aromatic carbocycles. The first-order valence-electron chi connectivity index (χ1n) is 5.35. The lowest BCUT2D eigenvalue weighted by atomic mass is 10.3. The zero-order valence-corrected chi connectivity index (χ0v) is 11.0. The third-order valence-corrected chi connectivity index (χ3v) is 2.93. The molecule has 0 aliphatic heterocycles. The van der Waals surface area contributed by atoms with Gasteiger partial charge in [0.05, 0.1) is 6.20 Å². The number of carbonyl (C=O) groups excluding carboxylic acids is 1. The molecule has 0 saturated carbocycles. The first-order valence-corrected chi connectivity index (χ1v) is 6.23. The summed E-state index contributed by atoms with van der Waals surface area (Å²) in [6.07, 6.45) is 1.43. The number of thiazole rings is 1. The maximum Gasteiger partial charge on any atom is 0.434 e. The minimum Gasteiger partial charge on any atom is -0.298 e. The van der Waals surface area contributed by atoms with Crippen LogP contribution in [0.25, 0.3) is 6.08 Å². The summed E-state index contributed by atoms with van der Waals surface area (Å²) < 4.78 is 38.5. The number of rotatable bonds is 3. The molecular formula is C11H9F3N4OS. The van der Waals surface area contributed by atoms with Gasteiger partial charge in [-0.2, -0.15) is 18.3 Å². The van der Waals surface area contributed by atoms with E-state index in [1.54, 1.807) is 24.1 Å². The van der Waals surface area contributed by atoms with E-state index in [-0.39, 0.29) is 5.13 Å². The van der Waals surface area contributed by atoms with Crippen molar-refractivity contribution in [3.63, 3.8) is 0 Å². The van der Waals surface area contributed by atoms with Crippen LogP contribution in [0.1, 0.15) is 11.3 Å². The number of nitrogens with one attached hydrogen (secondary N) is 1. The Bertz CT molecular complexity index is 644. The highest BCUT2D eigenvalue weighted by Crippen LogP contribution is 2.31. The maximum absolute atomic E-state index is 12.3. The lowest BCUT2D eigenvalue weighted by molar-refractivity contribution is -0.140. The molecule has 2 aromatic rings. The number of carbonyl (C=O) groups is 1. The first kappa shape index (κ1) is 14.3. The zero-order chi connectivity index (χ0) is 14.8. The molecule has 0 unspecified atom stereocenters. The van der Waals surface area contributed by atoms with Gasteiger partial charge in [-0.15, -0.1) is 11.3 Å². The largest absolute Gasteiger partial charge is 0.434 e. The summed E-state index contributed by atoms with van der Waals surface area (Å²) in [5.74, 6) is -0.558. The van der Waals surface area contributed by atoms with Crippen molar-refractivity contribution in [3.8, 4) is 0 Å². The first-order chi connectivity index (χ1) is 9.34. The van der Waals surface area contributed by atoms with Crippen LogP contribution in [0.15, 0.2) is 23.8 Å².